The van der Waals surface area contributed by atoms with E-state index in [1.165, 1.54) is 12.1 Å². The topological polar surface area (TPSA) is 136 Å². The number of ether oxygens (including phenoxy) is 3. The van der Waals surface area contributed by atoms with Gasteiger partial charge in [0.1, 0.15) is 17.1 Å². The van der Waals surface area contributed by atoms with E-state index in [-0.39, 0.29) is 35.5 Å². The van der Waals surface area contributed by atoms with Crippen LogP contribution in [0.25, 0.3) is 0 Å². The molecule has 9 heteroatoms. The largest absolute Gasteiger partial charge is 0.481 e. The molecule has 0 saturated carbocycles. The number of hydrogen-bond acceptors (Lipinski definition) is 7. The van der Waals surface area contributed by atoms with Crippen molar-refractivity contribution in [3.63, 3.8) is 0 Å². The highest BCUT2D eigenvalue weighted by molar-refractivity contribution is 5.99. The van der Waals surface area contributed by atoms with Crippen LogP contribution in [0.5, 0.6) is 11.5 Å². The predicted octanol–water partition coefficient (Wildman–Crippen LogP) is 4.46. The molecule has 3 aromatic carbocycles. The van der Waals surface area contributed by atoms with Crippen LogP contribution in [0.2, 0.25) is 0 Å². The number of carboxylic acid groups (broad SMARTS) is 2. The normalized spacial score (nSPS) is 14.6. The van der Waals surface area contributed by atoms with Crippen molar-refractivity contribution in [1.29, 1.82) is 0 Å². The molecule has 0 amide bonds. The third kappa shape index (κ3) is 4.26. The Morgan fingerprint density at radius 3 is 1.87 bits per heavy atom. The summed E-state index contributed by atoms with van der Waals surface area (Å²) >= 11 is 0. The van der Waals surface area contributed by atoms with Crippen molar-refractivity contribution in [2.24, 2.45) is 0 Å². The van der Waals surface area contributed by atoms with E-state index < -0.39 is 35.1 Å². The predicted molar refractivity (Wildman–Crippen MR) is 133 cm³/mol. The van der Waals surface area contributed by atoms with Gasteiger partial charge in [0.15, 0.2) is 5.60 Å². The average Bonchev–Trinajstić information content (AvgIpc) is 3.09. The van der Waals surface area contributed by atoms with E-state index in [0.29, 0.717) is 27.8 Å². The second-order valence-corrected chi connectivity index (χ2v) is 10.2. The zero-order valence-electron chi connectivity index (χ0n) is 20.9. The van der Waals surface area contributed by atoms with Crippen LogP contribution in [0.3, 0.4) is 0 Å². The van der Waals surface area contributed by atoms with Gasteiger partial charge in [-0.05, 0) is 62.2 Å². The average molecular weight is 517 g/mol. The summed E-state index contributed by atoms with van der Waals surface area (Å²) < 4.78 is 17.8. The molecule has 38 heavy (non-hydrogen) atoms. The Balaban J connectivity index is 1.74. The molecule has 2 aliphatic heterocycles. The Kier molecular flexibility index (Phi) is 5.74. The van der Waals surface area contributed by atoms with E-state index in [0.717, 1.165) is 0 Å². The number of aliphatic carboxylic acids is 2. The number of rotatable bonds is 5. The minimum Gasteiger partial charge on any atom is -0.481 e. The van der Waals surface area contributed by atoms with Crippen LogP contribution in [0.15, 0.2) is 54.6 Å². The Morgan fingerprint density at radius 2 is 1.37 bits per heavy atom. The molecular weight excluding hydrogens is 492 g/mol. The summed E-state index contributed by atoms with van der Waals surface area (Å²) in [5.74, 6) is -2.73. The molecule has 9 nitrogen and oxygen atoms in total. The fourth-order valence-electron chi connectivity index (χ4n) is 4.84. The Labute approximate surface area is 217 Å². The van der Waals surface area contributed by atoms with E-state index in [2.05, 4.69) is 0 Å². The fourth-order valence-corrected chi connectivity index (χ4v) is 4.84. The molecule has 3 aromatic rings. The Bertz CT molecular complexity index is 1460. The Hall–Kier alpha value is -4.66. The first-order valence-corrected chi connectivity index (χ1v) is 11.9. The first-order valence-electron chi connectivity index (χ1n) is 11.9. The molecule has 2 heterocycles. The van der Waals surface area contributed by atoms with Gasteiger partial charge in [-0.1, -0.05) is 24.3 Å². The van der Waals surface area contributed by atoms with Crippen LogP contribution in [0.4, 0.5) is 0 Å². The number of benzene rings is 3. The zero-order chi connectivity index (χ0) is 27.4. The van der Waals surface area contributed by atoms with Gasteiger partial charge in [-0.25, -0.2) is 9.59 Å². The molecule has 194 valence electrons. The van der Waals surface area contributed by atoms with Crippen molar-refractivity contribution < 1.29 is 43.6 Å². The maximum Gasteiger partial charge on any atom is 0.340 e. The van der Waals surface area contributed by atoms with Gasteiger partial charge in [-0.2, -0.15) is 0 Å². The van der Waals surface area contributed by atoms with Gasteiger partial charge in [0, 0.05) is 16.7 Å². The minimum absolute atomic E-state index is 0.218. The second kappa shape index (κ2) is 8.72. The van der Waals surface area contributed by atoms with Gasteiger partial charge in [-0.3, -0.25) is 9.59 Å². The maximum atomic E-state index is 13.2. The number of carbonyl (C=O) groups excluding carboxylic acids is 2. The lowest BCUT2D eigenvalue weighted by Gasteiger charge is -2.37. The van der Waals surface area contributed by atoms with Crippen LogP contribution in [-0.2, 0) is 37.5 Å². The third-order valence-electron chi connectivity index (χ3n) is 6.28. The van der Waals surface area contributed by atoms with Crippen LogP contribution in [0, 0.1) is 0 Å². The molecule has 0 unspecified atom stereocenters. The monoisotopic (exact) mass is 516 g/mol. The smallest absolute Gasteiger partial charge is 0.340 e. The second-order valence-electron chi connectivity index (χ2n) is 10.2. The fraction of sp³-hybridized carbons (Fsp3) is 0.241. The molecule has 0 aromatic heterocycles. The van der Waals surface area contributed by atoms with Crippen LogP contribution >= 0.6 is 0 Å². The summed E-state index contributed by atoms with van der Waals surface area (Å²) in [7, 11) is 0. The lowest BCUT2D eigenvalue weighted by Crippen LogP contribution is -2.33. The molecule has 2 N–H and O–H groups in total. The number of carboxylic acids is 2. The molecule has 1 spiro atoms. The van der Waals surface area contributed by atoms with Crippen molar-refractivity contribution in [3.8, 4) is 11.5 Å². The molecular formula is C29H24O9. The van der Waals surface area contributed by atoms with Gasteiger partial charge >= 0.3 is 23.9 Å². The molecule has 0 fully saturated rings. The van der Waals surface area contributed by atoms with Crippen LogP contribution in [0.1, 0.15) is 69.3 Å². The van der Waals surface area contributed by atoms with Crippen molar-refractivity contribution in [1.82, 2.24) is 0 Å². The van der Waals surface area contributed by atoms with Crippen molar-refractivity contribution >= 4 is 23.9 Å². The highest BCUT2D eigenvalue weighted by atomic mass is 16.6. The number of carbonyl (C=O) groups is 4. The number of hydrogen-bond donors (Lipinski definition) is 2. The summed E-state index contributed by atoms with van der Waals surface area (Å²) in [5.41, 5.74) is 0.421. The SMILES string of the molecule is CC(C)(C)OC(=O)c1ccc2c(c1)C1(OC2=O)c2ccc(CC(=O)O)cc2Oc2cc(CC(=O)O)ccc21. The summed E-state index contributed by atoms with van der Waals surface area (Å²) in [6, 6.07) is 14.2. The summed E-state index contributed by atoms with van der Waals surface area (Å²) in [6.07, 6.45) is -0.510. The van der Waals surface area contributed by atoms with Crippen molar-refractivity contribution in [3.05, 3.63) is 93.5 Å². The molecule has 5 rings (SSSR count). The van der Waals surface area contributed by atoms with Crippen molar-refractivity contribution in [2.75, 3.05) is 0 Å². The molecule has 0 radical (unpaired) electrons. The van der Waals surface area contributed by atoms with Crippen molar-refractivity contribution in [2.45, 2.75) is 44.8 Å². The summed E-state index contributed by atoms with van der Waals surface area (Å²) in [4.78, 5) is 48.7. The summed E-state index contributed by atoms with van der Waals surface area (Å²) in [6.45, 7) is 5.25. The van der Waals surface area contributed by atoms with E-state index >= 15 is 0 Å². The lowest BCUT2D eigenvalue weighted by atomic mass is 9.76. The molecule has 2 aliphatic rings. The first kappa shape index (κ1) is 25.0. The minimum atomic E-state index is -1.52. The lowest BCUT2D eigenvalue weighted by molar-refractivity contribution is -0.137. The quantitative estimate of drug-likeness (QED) is 0.471. The standard InChI is InChI=1S/C29H24O9/c1-28(2,3)37-26(34)17-6-7-18-21(14-17)29(38-27(18)35)19-8-4-15(12-24(30)31)10-22(19)36-23-11-16(13-25(32)33)5-9-20(23)29/h4-11,14H,12-13H2,1-3H3,(H,30,31)(H,32,33). The van der Waals surface area contributed by atoms with Crippen LogP contribution in [-0.4, -0.2) is 39.7 Å². The highest BCUT2D eigenvalue weighted by Gasteiger charge is 2.54. The molecule has 0 saturated heterocycles. The van der Waals surface area contributed by atoms with E-state index in [1.807, 2.05) is 0 Å². The van der Waals surface area contributed by atoms with Gasteiger partial charge in [0.05, 0.1) is 24.0 Å². The van der Waals surface area contributed by atoms with Crippen LogP contribution < -0.4 is 4.74 Å². The van der Waals surface area contributed by atoms with Gasteiger partial charge < -0.3 is 24.4 Å². The number of esters is 2. The first-order chi connectivity index (χ1) is 17.9. The van der Waals surface area contributed by atoms with Gasteiger partial charge in [-0.15, -0.1) is 0 Å². The van der Waals surface area contributed by atoms with E-state index in [9.17, 15) is 29.4 Å². The van der Waals surface area contributed by atoms with Gasteiger partial charge in [0.25, 0.3) is 0 Å². The highest BCUT2D eigenvalue weighted by Crippen LogP contribution is 2.56. The van der Waals surface area contributed by atoms with Gasteiger partial charge in [0.2, 0.25) is 0 Å². The zero-order valence-corrected chi connectivity index (χ0v) is 20.9. The Morgan fingerprint density at radius 1 is 0.816 bits per heavy atom. The summed E-state index contributed by atoms with van der Waals surface area (Å²) in [5, 5.41) is 18.5. The number of fused-ring (bicyclic) bond motifs is 6. The van der Waals surface area contributed by atoms with E-state index in [1.54, 1.807) is 63.2 Å². The third-order valence-corrected chi connectivity index (χ3v) is 6.28. The molecule has 0 atom stereocenters. The molecule has 0 bridgehead atoms. The maximum absolute atomic E-state index is 13.2. The molecule has 0 aliphatic carbocycles. The van der Waals surface area contributed by atoms with E-state index in [4.69, 9.17) is 14.2 Å².